The zero-order valence-electron chi connectivity index (χ0n) is 27.4. The van der Waals surface area contributed by atoms with Crippen molar-refractivity contribution in [2.45, 2.75) is 26.2 Å². The fourth-order valence-corrected chi connectivity index (χ4v) is 7.72. The Morgan fingerprint density at radius 1 is 0.542 bits per heavy atom. The van der Waals surface area contributed by atoms with Crippen LogP contribution in [0.1, 0.15) is 30.5 Å². The van der Waals surface area contributed by atoms with E-state index in [-0.39, 0.29) is 5.41 Å². The molecular weight excluding hydrogens is 583 g/mol. The average molecular weight is 618 g/mol. The summed E-state index contributed by atoms with van der Waals surface area (Å²) >= 11 is 0. The van der Waals surface area contributed by atoms with E-state index in [0.29, 0.717) is 0 Å². The maximum absolute atomic E-state index is 4.50. The van der Waals surface area contributed by atoms with Crippen LogP contribution in [0.4, 0.5) is 17.1 Å². The van der Waals surface area contributed by atoms with E-state index in [1.165, 1.54) is 66.4 Å². The number of fused-ring (bicyclic) bond motifs is 6. The van der Waals surface area contributed by atoms with Crippen LogP contribution in [-0.2, 0) is 5.41 Å². The summed E-state index contributed by atoms with van der Waals surface area (Å²) in [6, 6.07) is 53.0. The Balaban J connectivity index is 1.13. The molecule has 0 atom stereocenters. The maximum atomic E-state index is 4.50. The Kier molecular flexibility index (Phi) is 6.38. The molecule has 1 aliphatic rings. The smallest absolute Gasteiger partial charge is 0.0644 e. The molecule has 8 aromatic rings. The largest absolute Gasteiger partial charge is 0.309 e. The van der Waals surface area contributed by atoms with Crippen molar-refractivity contribution in [2.24, 2.45) is 0 Å². The molecule has 0 amide bonds. The fourth-order valence-electron chi connectivity index (χ4n) is 7.72. The minimum Gasteiger partial charge on any atom is -0.309 e. The third kappa shape index (κ3) is 4.39. The number of anilines is 3. The summed E-state index contributed by atoms with van der Waals surface area (Å²) in [6.07, 6.45) is 3.78. The van der Waals surface area contributed by atoms with Crippen molar-refractivity contribution in [1.29, 1.82) is 0 Å². The van der Waals surface area contributed by atoms with Gasteiger partial charge in [0.15, 0.2) is 0 Å². The molecule has 9 rings (SSSR count). The van der Waals surface area contributed by atoms with Crippen LogP contribution in [0.15, 0.2) is 158 Å². The second kappa shape index (κ2) is 10.8. The van der Waals surface area contributed by atoms with Crippen LogP contribution < -0.4 is 4.90 Å². The summed E-state index contributed by atoms with van der Waals surface area (Å²) in [4.78, 5) is 6.82. The third-order valence-electron chi connectivity index (χ3n) is 10.1. The molecule has 3 heteroatoms. The molecule has 2 heterocycles. The Labute approximate surface area is 281 Å². The molecule has 0 spiro atoms. The number of pyridine rings is 1. The van der Waals surface area contributed by atoms with E-state index < -0.39 is 0 Å². The monoisotopic (exact) mass is 617 g/mol. The van der Waals surface area contributed by atoms with Gasteiger partial charge in [0.1, 0.15) is 0 Å². The lowest BCUT2D eigenvalue weighted by atomic mass is 9.82. The van der Waals surface area contributed by atoms with Gasteiger partial charge in [-0.3, -0.25) is 4.98 Å². The number of para-hydroxylation sites is 2. The normalized spacial score (nSPS) is 13.1. The lowest BCUT2D eigenvalue weighted by molar-refractivity contribution is 0.660. The lowest BCUT2D eigenvalue weighted by Gasteiger charge is -2.28. The van der Waals surface area contributed by atoms with Gasteiger partial charge in [-0.05, 0) is 107 Å². The van der Waals surface area contributed by atoms with Crippen molar-refractivity contribution < 1.29 is 0 Å². The Morgan fingerprint density at radius 3 is 2.02 bits per heavy atom. The molecule has 0 aliphatic heterocycles. The zero-order chi connectivity index (χ0) is 32.4. The first-order valence-electron chi connectivity index (χ1n) is 16.6. The molecule has 3 nitrogen and oxygen atoms in total. The minimum atomic E-state index is -0.0839. The van der Waals surface area contributed by atoms with Gasteiger partial charge in [-0.1, -0.05) is 98.3 Å². The highest BCUT2D eigenvalue weighted by molar-refractivity contribution is 6.10. The molecule has 48 heavy (non-hydrogen) atoms. The van der Waals surface area contributed by atoms with Crippen LogP contribution in [0.5, 0.6) is 0 Å². The quantitative estimate of drug-likeness (QED) is 0.192. The number of rotatable bonds is 5. The number of hydrogen-bond donors (Lipinski definition) is 0. The summed E-state index contributed by atoms with van der Waals surface area (Å²) in [6.45, 7) is 6.87. The van der Waals surface area contributed by atoms with Gasteiger partial charge in [-0.15, -0.1) is 0 Å². The first-order chi connectivity index (χ1) is 23.5. The van der Waals surface area contributed by atoms with E-state index in [9.17, 15) is 0 Å². The number of hydrogen-bond acceptors (Lipinski definition) is 2. The van der Waals surface area contributed by atoms with E-state index in [1.54, 1.807) is 0 Å². The average Bonchev–Trinajstić information content (AvgIpc) is 3.57. The van der Waals surface area contributed by atoms with Crippen molar-refractivity contribution in [3.05, 3.63) is 175 Å². The molecule has 1 aliphatic carbocycles. The van der Waals surface area contributed by atoms with Gasteiger partial charge >= 0.3 is 0 Å². The van der Waals surface area contributed by atoms with Gasteiger partial charge in [0.2, 0.25) is 0 Å². The zero-order valence-corrected chi connectivity index (χ0v) is 27.4. The van der Waals surface area contributed by atoms with E-state index >= 15 is 0 Å². The highest BCUT2D eigenvalue weighted by Crippen LogP contribution is 2.51. The van der Waals surface area contributed by atoms with Crippen molar-refractivity contribution in [1.82, 2.24) is 9.55 Å². The summed E-state index contributed by atoms with van der Waals surface area (Å²) in [5.41, 5.74) is 15.9. The standard InChI is InChI=1S/C45H35N3/c1-30-15-22-37-38-23-21-35(28-42(38)45(2,3)41(37)26-30)47(36-12-9-25-46-29-36)34-19-16-31(17-20-34)32-18-24-44-40(27-32)39-13-7-8-14-43(39)48(44)33-10-5-4-6-11-33/h4-29H,1-3H3. The second-order valence-corrected chi connectivity index (χ2v) is 13.4. The van der Waals surface area contributed by atoms with Crippen LogP contribution in [0.25, 0.3) is 49.7 Å². The van der Waals surface area contributed by atoms with Crippen LogP contribution in [0.3, 0.4) is 0 Å². The third-order valence-corrected chi connectivity index (χ3v) is 10.1. The van der Waals surface area contributed by atoms with Crippen LogP contribution in [0.2, 0.25) is 0 Å². The van der Waals surface area contributed by atoms with Crippen LogP contribution >= 0.6 is 0 Å². The van der Waals surface area contributed by atoms with Crippen molar-refractivity contribution in [2.75, 3.05) is 4.90 Å². The van der Waals surface area contributed by atoms with Gasteiger partial charge in [-0.2, -0.15) is 0 Å². The lowest BCUT2D eigenvalue weighted by Crippen LogP contribution is -2.16. The van der Waals surface area contributed by atoms with Gasteiger partial charge in [-0.25, -0.2) is 0 Å². The molecule has 0 N–H and O–H groups in total. The molecule has 2 aromatic heterocycles. The summed E-state index contributed by atoms with van der Waals surface area (Å²) in [7, 11) is 0. The first-order valence-corrected chi connectivity index (χ1v) is 16.6. The van der Waals surface area contributed by atoms with Crippen LogP contribution in [-0.4, -0.2) is 9.55 Å². The fraction of sp³-hybridized carbons (Fsp3) is 0.0889. The molecule has 0 fully saturated rings. The minimum absolute atomic E-state index is 0.0839. The second-order valence-electron chi connectivity index (χ2n) is 13.4. The Bertz CT molecular complexity index is 2470. The SMILES string of the molecule is Cc1ccc2c(c1)C(C)(C)c1cc(N(c3ccc(-c4ccc5c(c4)c4ccccc4n5-c4ccccc4)cc3)c3cccnc3)ccc1-2. The molecule has 0 saturated carbocycles. The Hall–Kier alpha value is -5.93. The summed E-state index contributed by atoms with van der Waals surface area (Å²) < 4.78 is 2.36. The van der Waals surface area contributed by atoms with Gasteiger partial charge in [0, 0.05) is 39.4 Å². The van der Waals surface area contributed by atoms with E-state index in [1.807, 2.05) is 18.5 Å². The van der Waals surface area contributed by atoms with Gasteiger partial charge < -0.3 is 9.47 Å². The van der Waals surface area contributed by atoms with Crippen LogP contribution in [0, 0.1) is 6.92 Å². The van der Waals surface area contributed by atoms with Crippen molar-refractivity contribution in [3.8, 4) is 27.9 Å². The number of aryl methyl sites for hydroxylation is 1. The molecule has 0 unspecified atom stereocenters. The predicted molar refractivity (Wildman–Crippen MR) is 201 cm³/mol. The highest BCUT2D eigenvalue weighted by atomic mass is 15.1. The molecule has 230 valence electrons. The van der Waals surface area contributed by atoms with E-state index in [0.717, 1.165) is 17.1 Å². The molecule has 6 aromatic carbocycles. The number of aromatic nitrogens is 2. The Morgan fingerprint density at radius 2 is 1.23 bits per heavy atom. The summed E-state index contributed by atoms with van der Waals surface area (Å²) in [5.74, 6) is 0. The molecule has 0 bridgehead atoms. The van der Waals surface area contributed by atoms with Gasteiger partial charge in [0.05, 0.1) is 22.9 Å². The van der Waals surface area contributed by atoms with Gasteiger partial charge in [0.25, 0.3) is 0 Å². The molecule has 0 radical (unpaired) electrons. The maximum Gasteiger partial charge on any atom is 0.0644 e. The topological polar surface area (TPSA) is 21.1 Å². The number of benzene rings is 6. The van der Waals surface area contributed by atoms with Crippen molar-refractivity contribution >= 4 is 38.9 Å². The first kappa shape index (κ1) is 28.3. The highest BCUT2D eigenvalue weighted by Gasteiger charge is 2.36. The summed E-state index contributed by atoms with van der Waals surface area (Å²) in [5, 5.41) is 2.51. The number of nitrogens with zero attached hydrogens (tertiary/aromatic N) is 3. The predicted octanol–water partition coefficient (Wildman–Crippen LogP) is 11.9. The molecule has 0 saturated heterocycles. The van der Waals surface area contributed by atoms with E-state index in [4.69, 9.17) is 0 Å². The van der Waals surface area contributed by atoms with Crippen molar-refractivity contribution in [3.63, 3.8) is 0 Å². The van der Waals surface area contributed by atoms with E-state index in [2.05, 4.69) is 175 Å². The molecular formula is C45H35N3.